The maximum atomic E-state index is 13.2. The van der Waals surface area contributed by atoms with E-state index in [2.05, 4.69) is 6.92 Å². The van der Waals surface area contributed by atoms with Crippen LogP contribution in [0.25, 0.3) is 11.0 Å². The number of halogens is 1. The third-order valence-electron chi connectivity index (χ3n) is 4.91. The summed E-state index contributed by atoms with van der Waals surface area (Å²) >= 11 is 5.99. The van der Waals surface area contributed by atoms with Crippen molar-refractivity contribution in [2.75, 3.05) is 13.2 Å². The number of aliphatic hydroxyl groups is 1. The summed E-state index contributed by atoms with van der Waals surface area (Å²) in [7, 11) is 1.64. The Morgan fingerprint density at radius 3 is 2.48 bits per heavy atom. The summed E-state index contributed by atoms with van der Waals surface area (Å²) in [6.07, 6.45) is 2.21. The standard InChI is InChI=1S/C21H26ClN3O4/c1-3-4-12-29-18-13-17-19(25(18)14-15-6-8-16(22)9-7-15)20(27)24(10-5-11-26)21(28)23(17)2/h6-9,13,26H,3-5,10-12,14H2,1-2H3. The Balaban J connectivity index is 2.18. The molecule has 0 aliphatic carbocycles. The van der Waals surface area contributed by atoms with Gasteiger partial charge in [0.05, 0.1) is 18.7 Å². The van der Waals surface area contributed by atoms with Gasteiger partial charge in [-0.2, -0.15) is 0 Å². The Kier molecular flexibility index (Phi) is 6.82. The van der Waals surface area contributed by atoms with Crippen LogP contribution in [0.4, 0.5) is 0 Å². The van der Waals surface area contributed by atoms with Gasteiger partial charge in [-0.1, -0.05) is 37.1 Å². The molecule has 0 unspecified atom stereocenters. The fourth-order valence-corrected chi connectivity index (χ4v) is 3.41. The van der Waals surface area contributed by atoms with Gasteiger partial charge in [-0.05, 0) is 30.5 Å². The Labute approximate surface area is 173 Å². The molecule has 0 fully saturated rings. The smallest absolute Gasteiger partial charge is 0.331 e. The van der Waals surface area contributed by atoms with Crippen molar-refractivity contribution in [2.24, 2.45) is 7.05 Å². The number of aliphatic hydroxyl groups excluding tert-OH is 1. The van der Waals surface area contributed by atoms with Crippen LogP contribution in [0.1, 0.15) is 31.7 Å². The van der Waals surface area contributed by atoms with E-state index in [-0.39, 0.29) is 18.7 Å². The number of aromatic nitrogens is 3. The molecule has 0 aliphatic rings. The third kappa shape index (κ3) is 4.41. The lowest BCUT2D eigenvalue weighted by atomic mass is 10.2. The van der Waals surface area contributed by atoms with Crippen molar-refractivity contribution in [3.63, 3.8) is 0 Å². The number of aryl methyl sites for hydroxylation is 1. The molecule has 0 atom stereocenters. The summed E-state index contributed by atoms with van der Waals surface area (Å²) in [6.45, 7) is 3.09. The lowest BCUT2D eigenvalue weighted by Gasteiger charge is -2.13. The number of hydrogen-bond acceptors (Lipinski definition) is 4. The molecular formula is C21H26ClN3O4. The van der Waals surface area contributed by atoms with Crippen molar-refractivity contribution in [3.8, 4) is 5.88 Å². The largest absolute Gasteiger partial charge is 0.479 e. The Morgan fingerprint density at radius 2 is 1.83 bits per heavy atom. The zero-order valence-corrected chi connectivity index (χ0v) is 17.5. The number of ether oxygens (including phenoxy) is 1. The molecule has 1 aromatic carbocycles. The van der Waals surface area contributed by atoms with Gasteiger partial charge >= 0.3 is 5.69 Å². The maximum Gasteiger partial charge on any atom is 0.331 e. The summed E-state index contributed by atoms with van der Waals surface area (Å²) in [5.41, 5.74) is 1.12. The predicted octanol–water partition coefficient (Wildman–Crippen LogP) is 2.76. The Bertz CT molecular complexity index is 1100. The predicted molar refractivity (Wildman–Crippen MR) is 114 cm³/mol. The average molecular weight is 420 g/mol. The molecule has 0 saturated heterocycles. The van der Waals surface area contributed by atoms with Gasteiger partial charge in [0.15, 0.2) is 5.88 Å². The molecular weight excluding hydrogens is 394 g/mol. The number of nitrogens with zero attached hydrogens (tertiary/aromatic N) is 3. The Morgan fingerprint density at radius 1 is 1.10 bits per heavy atom. The van der Waals surface area contributed by atoms with Crippen molar-refractivity contribution >= 4 is 22.6 Å². The molecule has 8 heteroatoms. The first-order valence-corrected chi connectivity index (χ1v) is 10.2. The normalized spacial score (nSPS) is 11.3. The molecule has 29 heavy (non-hydrogen) atoms. The monoisotopic (exact) mass is 419 g/mol. The maximum absolute atomic E-state index is 13.2. The van der Waals surface area contributed by atoms with E-state index >= 15 is 0 Å². The molecule has 3 aromatic rings. The zero-order valence-electron chi connectivity index (χ0n) is 16.7. The van der Waals surface area contributed by atoms with E-state index in [0.29, 0.717) is 41.5 Å². The molecule has 0 spiro atoms. The van der Waals surface area contributed by atoms with Gasteiger partial charge in [0.1, 0.15) is 5.52 Å². The molecule has 0 amide bonds. The summed E-state index contributed by atoms with van der Waals surface area (Å²) < 4.78 is 10.4. The number of benzene rings is 1. The fraction of sp³-hybridized carbons (Fsp3) is 0.429. The van der Waals surface area contributed by atoms with Crippen molar-refractivity contribution < 1.29 is 9.84 Å². The van der Waals surface area contributed by atoms with Crippen LogP contribution in [-0.2, 0) is 20.1 Å². The van der Waals surface area contributed by atoms with E-state index in [1.807, 2.05) is 16.7 Å². The van der Waals surface area contributed by atoms with Crippen molar-refractivity contribution in [2.45, 2.75) is 39.3 Å². The molecule has 7 nitrogen and oxygen atoms in total. The molecule has 0 aliphatic heterocycles. The van der Waals surface area contributed by atoms with Gasteiger partial charge in [-0.3, -0.25) is 13.9 Å². The second-order valence-corrected chi connectivity index (χ2v) is 7.44. The highest BCUT2D eigenvalue weighted by molar-refractivity contribution is 6.30. The van der Waals surface area contributed by atoms with E-state index in [1.165, 1.54) is 9.13 Å². The Hall–Kier alpha value is -2.51. The van der Waals surface area contributed by atoms with Crippen LogP contribution in [0.2, 0.25) is 5.02 Å². The summed E-state index contributed by atoms with van der Waals surface area (Å²) in [5.74, 6) is 0.551. The topological polar surface area (TPSA) is 78.4 Å². The zero-order chi connectivity index (χ0) is 21.0. The molecule has 2 heterocycles. The number of rotatable bonds is 9. The van der Waals surface area contributed by atoms with Gasteiger partial charge in [0, 0.05) is 31.3 Å². The molecule has 0 saturated carbocycles. The van der Waals surface area contributed by atoms with Crippen LogP contribution in [0.5, 0.6) is 5.88 Å². The first kappa shape index (κ1) is 21.2. The highest BCUT2D eigenvalue weighted by Crippen LogP contribution is 2.24. The lowest BCUT2D eigenvalue weighted by molar-refractivity contribution is 0.277. The minimum Gasteiger partial charge on any atom is -0.479 e. The van der Waals surface area contributed by atoms with Gasteiger partial charge < -0.3 is 14.4 Å². The first-order chi connectivity index (χ1) is 14.0. The number of unbranched alkanes of at least 4 members (excludes halogenated alkanes) is 1. The molecule has 0 bridgehead atoms. The van der Waals surface area contributed by atoms with E-state index in [1.54, 1.807) is 25.2 Å². The second kappa shape index (κ2) is 9.33. The highest BCUT2D eigenvalue weighted by atomic mass is 35.5. The molecule has 156 valence electrons. The van der Waals surface area contributed by atoms with Gasteiger partial charge in [-0.25, -0.2) is 4.79 Å². The minimum absolute atomic E-state index is 0.0925. The van der Waals surface area contributed by atoms with Crippen molar-refractivity contribution in [1.82, 2.24) is 13.7 Å². The fourth-order valence-electron chi connectivity index (χ4n) is 3.29. The minimum atomic E-state index is -0.403. The van der Waals surface area contributed by atoms with Crippen LogP contribution >= 0.6 is 11.6 Å². The van der Waals surface area contributed by atoms with E-state index in [4.69, 9.17) is 21.4 Å². The molecule has 2 aromatic heterocycles. The molecule has 1 N–H and O–H groups in total. The number of fused-ring (bicyclic) bond motifs is 1. The summed E-state index contributed by atoms with van der Waals surface area (Å²) in [4.78, 5) is 25.9. The van der Waals surface area contributed by atoms with Crippen molar-refractivity contribution in [1.29, 1.82) is 0 Å². The van der Waals surface area contributed by atoms with Gasteiger partial charge in [0.2, 0.25) is 0 Å². The first-order valence-electron chi connectivity index (χ1n) is 9.79. The van der Waals surface area contributed by atoms with E-state index < -0.39 is 5.69 Å². The third-order valence-corrected chi connectivity index (χ3v) is 5.16. The van der Waals surface area contributed by atoms with E-state index in [0.717, 1.165) is 18.4 Å². The quantitative estimate of drug-likeness (QED) is 0.541. The van der Waals surface area contributed by atoms with Crippen LogP contribution in [-0.4, -0.2) is 32.0 Å². The average Bonchev–Trinajstić information content (AvgIpc) is 3.07. The number of hydrogen-bond donors (Lipinski definition) is 1. The lowest BCUT2D eigenvalue weighted by Crippen LogP contribution is -2.39. The highest BCUT2D eigenvalue weighted by Gasteiger charge is 2.19. The van der Waals surface area contributed by atoms with Crippen LogP contribution < -0.4 is 16.0 Å². The summed E-state index contributed by atoms with van der Waals surface area (Å²) in [5, 5.41) is 9.77. The van der Waals surface area contributed by atoms with E-state index in [9.17, 15) is 9.59 Å². The van der Waals surface area contributed by atoms with Gasteiger partial charge in [-0.15, -0.1) is 0 Å². The van der Waals surface area contributed by atoms with Crippen LogP contribution in [0, 0.1) is 0 Å². The summed E-state index contributed by atoms with van der Waals surface area (Å²) in [6, 6.07) is 9.15. The van der Waals surface area contributed by atoms with Crippen molar-refractivity contribution in [3.05, 3.63) is 61.8 Å². The SMILES string of the molecule is CCCCOc1cc2c(c(=O)n(CCCO)c(=O)n2C)n1Cc1ccc(Cl)cc1. The van der Waals surface area contributed by atoms with Gasteiger partial charge in [0.25, 0.3) is 5.56 Å². The van der Waals surface area contributed by atoms with Crippen LogP contribution in [0.3, 0.4) is 0 Å². The van der Waals surface area contributed by atoms with Crippen LogP contribution in [0.15, 0.2) is 39.9 Å². The molecule has 0 radical (unpaired) electrons. The second-order valence-electron chi connectivity index (χ2n) is 7.01. The molecule has 3 rings (SSSR count).